The Labute approximate surface area is 141 Å². The highest BCUT2D eigenvalue weighted by molar-refractivity contribution is 5.26. The molecule has 1 saturated heterocycles. The molecule has 0 bridgehead atoms. The molecule has 0 radical (unpaired) electrons. The van der Waals surface area contributed by atoms with Gasteiger partial charge in [0.05, 0.1) is 6.61 Å². The summed E-state index contributed by atoms with van der Waals surface area (Å²) in [5.74, 6) is 0.814. The number of rotatable bonds is 7. The summed E-state index contributed by atoms with van der Waals surface area (Å²) in [6.45, 7) is 5.75. The van der Waals surface area contributed by atoms with Gasteiger partial charge in [0.2, 0.25) is 0 Å². The molecule has 0 aromatic heterocycles. The first kappa shape index (κ1) is 16.9. The molecule has 3 heteroatoms. The molecule has 1 aliphatic heterocycles. The number of ether oxygens (including phenoxy) is 1. The maximum atomic E-state index is 5.61. The van der Waals surface area contributed by atoms with E-state index >= 15 is 0 Å². The van der Waals surface area contributed by atoms with Crippen LogP contribution in [0.2, 0.25) is 0 Å². The maximum absolute atomic E-state index is 5.61. The highest BCUT2D eigenvalue weighted by atomic mass is 16.5. The van der Waals surface area contributed by atoms with E-state index in [-0.39, 0.29) is 0 Å². The highest BCUT2D eigenvalue weighted by Crippen LogP contribution is 2.32. The molecule has 2 fully saturated rings. The van der Waals surface area contributed by atoms with Crippen LogP contribution in [0.25, 0.3) is 0 Å². The van der Waals surface area contributed by atoms with Gasteiger partial charge in [-0.1, -0.05) is 37.1 Å². The Kier molecular flexibility index (Phi) is 6.49. The molecule has 0 spiro atoms. The third kappa shape index (κ3) is 4.56. The Morgan fingerprint density at radius 1 is 1.09 bits per heavy atom. The van der Waals surface area contributed by atoms with Crippen LogP contribution in [-0.2, 0) is 17.9 Å². The highest BCUT2D eigenvalue weighted by Gasteiger charge is 2.33. The number of nitrogens with one attached hydrogen (secondary N) is 2. The van der Waals surface area contributed by atoms with E-state index in [1.165, 1.54) is 56.2 Å². The van der Waals surface area contributed by atoms with E-state index in [2.05, 4.69) is 41.8 Å². The third-order valence-corrected chi connectivity index (χ3v) is 5.57. The fourth-order valence-corrected chi connectivity index (χ4v) is 4.29. The lowest BCUT2D eigenvalue weighted by Crippen LogP contribution is -2.46. The summed E-state index contributed by atoms with van der Waals surface area (Å²) in [5.41, 5.74) is 2.72. The first-order valence-electron chi connectivity index (χ1n) is 9.49. The SMILES string of the molecule is CCOCc1ccccc1CNC1CCCC1C1CCCCN1. The van der Waals surface area contributed by atoms with Crippen molar-refractivity contribution in [3.8, 4) is 0 Å². The van der Waals surface area contributed by atoms with Gasteiger partial charge in [-0.15, -0.1) is 0 Å². The average molecular weight is 316 g/mol. The van der Waals surface area contributed by atoms with Gasteiger partial charge >= 0.3 is 0 Å². The Bertz CT molecular complexity index is 470. The van der Waals surface area contributed by atoms with Crippen molar-refractivity contribution in [3.63, 3.8) is 0 Å². The lowest BCUT2D eigenvalue weighted by atomic mass is 9.88. The number of hydrogen-bond acceptors (Lipinski definition) is 3. The summed E-state index contributed by atoms with van der Waals surface area (Å²) >= 11 is 0. The van der Waals surface area contributed by atoms with Crippen molar-refractivity contribution in [1.29, 1.82) is 0 Å². The van der Waals surface area contributed by atoms with Gasteiger partial charge in [0, 0.05) is 25.2 Å². The molecule has 0 amide bonds. The van der Waals surface area contributed by atoms with Crippen LogP contribution in [0.15, 0.2) is 24.3 Å². The minimum Gasteiger partial charge on any atom is -0.377 e. The predicted molar refractivity (Wildman–Crippen MR) is 95.4 cm³/mol. The minimum absolute atomic E-state index is 0.672. The van der Waals surface area contributed by atoms with Crippen LogP contribution in [0.5, 0.6) is 0 Å². The Morgan fingerprint density at radius 2 is 1.96 bits per heavy atom. The standard InChI is InChI=1S/C20H32N2O/c1-2-23-15-17-9-4-3-8-16(17)14-22-20-12-7-10-18(20)19-11-5-6-13-21-19/h3-4,8-9,18-22H,2,5-7,10-15H2,1H3. The fourth-order valence-electron chi connectivity index (χ4n) is 4.29. The molecule has 128 valence electrons. The van der Waals surface area contributed by atoms with Crippen molar-refractivity contribution >= 4 is 0 Å². The van der Waals surface area contributed by atoms with Crippen LogP contribution >= 0.6 is 0 Å². The topological polar surface area (TPSA) is 33.3 Å². The fraction of sp³-hybridized carbons (Fsp3) is 0.700. The minimum atomic E-state index is 0.672. The lowest BCUT2D eigenvalue weighted by Gasteiger charge is -2.33. The molecule has 1 aromatic rings. The monoisotopic (exact) mass is 316 g/mol. The second-order valence-electron chi connectivity index (χ2n) is 7.04. The molecule has 2 aliphatic rings. The van der Waals surface area contributed by atoms with E-state index in [0.717, 1.165) is 31.7 Å². The molecule has 3 unspecified atom stereocenters. The van der Waals surface area contributed by atoms with E-state index in [4.69, 9.17) is 4.74 Å². The first-order valence-corrected chi connectivity index (χ1v) is 9.49. The van der Waals surface area contributed by atoms with Gasteiger partial charge in [-0.3, -0.25) is 0 Å². The van der Waals surface area contributed by atoms with Crippen molar-refractivity contribution < 1.29 is 4.74 Å². The summed E-state index contributed by atoms with van der Waals surface area (Å²) in [5, 5.41) is 7.64. The first-order chi connectivity index (χ1) is 11.4. The molecular formula is C20H32N2O. The van der Waals surface area contributed by atoms with Crippen LogP contribution in [0.1, 0.15) is 56.6 Å². The van der Waals surface area contributed by atoms with E-state index in [0.29, 0.717) is 6.04 Å². The van der Waals surface area contributed by atoms with Gasteiger partial charge in [0.15, 0.2) is 0 Å². The Balaban J connectivity index is 1.56. The molecule has 1 aliphatic carbocycles. The van der Waals surface area contributed by atoms with Gasteiger partial charge in [0.25, 0.3) is 0 Å². The summed E-state index contributed by atoms with van der Waals surface area (Å²) in [6.07, 6.45) is 8.21. The largest absolute Gasteiger partial charge is 0.377 e. The molecule has 3 nitrogen and oxygen atoms in total. The number of benzene rings is 1. The van der Waals surface area contributed by atoms with Crippen LogP contribution in [0.4, 0.5) is 0 Å². The van der Waals surface area contributed by atoms with Crippen LogP contribution in [-0.4, -0.2) is 25.2 Å². The smallest absolute Gasteiger partial charge is 0.0719 e. The van der Waals surface area contributed by atoms with E-state index in [1.54, 1.807) is 0 Å². The molecule has 23 heavy (non-hydrogen) atoms. The molecule has 1 heterocycles. The van der Waals surface area contributed by atoms with Crippen molar-refractivity contribution in [1.82, 2.24) is 10.6 Å². The summed E-state index contributed by atoms with van der Waals surface area (Å²) in [4.78, 5) is 0. The molecule has 2 N–H and O–H groups in total. The van der Waals surface area contributed by atoms with Gasteiger partial charge < -0.3 is 15.4 Å². The van der Waals surface area contributed by atoms with E-state index in [9.17, 15) is 0 Å². The maximum Gasteiger partial charge on any atom is 0.0719 e. The number of piperidine rings is 1. The van der Waals surface area contributed by atoms with Crippen LogP contribution in [0, 0.1) is 5.92 Å². The molecule has 3 atom stereocenters. The van der Waals surface area contributed by atoms with Gasteiger partial charge in [-0.25, -0.2) is 0 Å². The molecule has 1 saturated carbocycles. The van der Waals surface area contributed by atoms with E-state index < -0.39 is 0 Å². The normalized spacial score (nSPS) is 28.1. The van der Waals surface area contributed by atoms with E-state index in [1.807, 2.05) is 0 Å². The van der Waals surface area contributed by atoms with Crippen molar-refractivity contribution in [3.05, 3.63) is 35.4 Å². The molecule has 3 rings (SSSR count). The Morgan fingerprint density at radius 3 is 2.74 bits per heavy atom. The van der Waals surface area contributed by atoms with Crippen LogP contribution in [0.3, 0.4) is 0 Å². The van der Waals surface area contributed by atoms with Gasteiger partial charge in [-0.05, 0) is 56.2 Å². The quantitative estimate of drug-likeness (QED) is 0.806. The molecule has 1 aromatic carbocycles. The zero-order valence-electron chi connectivity index (χ0n) is 14.5. The summed E-state index contributed by atoms with van der Waals surface area (Å²) in [7, 11) is 0. The Hall–Kier alpha value is -0.900. The van der Waals surface area contributed by atoms with Crippen molar-refractivity contribution in [2.75, 3.05) is 13.2 Å². The predicted octanol–water partition coefficient (Wildman–Crippen LogP) is 3.62. The van der Waals surface area contributed by atoms with Crippen LogP contribution < -0.4 is 10.6 Å². The van der Waals surface area contributed by atoms with Gasteiger partial charge in [-0.2, -0.15) is 0 Å². The van der Waals surface area contributed by atoms with Gasteiger partial charge in [0.1, 0.15) is 0 Å². The average Bonchev–Trinajstić information content (AvgIpc) is 3.08. The molecular weight excluding hydrogens is 284 g/mol. The second kappa shape index (κ2) is 8.81. The lowest BCUT2D eigenvalue weighted by molar-refractivity contribution is 0.133. The zero-order chi connectivity index (χ0) is 15.9. The van der Waals surface area contributed by atoms with Crippen molar-refractivity contribution in [2.45, 2.75) is 70.7 Å². The summed E-state index contributed by atoms with van der Waals surface area (Å²) in [6, 6.07) is 10.1. The third-order valence-electron chi connectivity index (χ3n) is 5.57. The second-order valence-corrected chi connectivity index (χ2v) is 7.04. The zero-order valence-corrected chi connectivity index (χ0v) is 14.5. The van der Waals surface area contributed by atoms with Crippen molar-refractivity contribution in [2.24, 2.45) is 5.92 Å². The summed E-state index contributed by atoms with van der Waals surface area (Å²) < 4.78 is 5.61. The number of hydrogen-bond donors (Lipinski definition) is 2.